The number of benzene rings is 1. The third kappa shape index (κ3) is 4.81. The lowest BCUT2D eigenvalue weighted by Gasteiger charge is -2.12. The van der Waals surface area contributed by atoms with Crippen LogP contribution in [0, 0.1) is 6.92 Å². The first-order valence-electron chi connectivity index (χ1n) is 6.24. The quantitative estimate of drug-likeness (QED) is 0.741. The maximum Gasteiger partial charge on any atom is 0.244 e. The Bertz CT molecular complexity index is 513. The lowest BCUT2D eigenvalue weighted by Crippen LogP contribution is -2.34. The highest BCUT2D eigenvalue weighted by atomic mass is 32.2. The van der Waals surface area contributed by atoms with Crippen LogP contribution in [0.15, 0.2) is 23.1 Å². The molecule has 0 amide bonds. The SMILES string of the molecule is COc1ccc(C)cc1S(=O)(=O)NCCNC(C)C. The molecular weight excluding hydrogens is 264 g/mol. The van der Waals surface area contributed by atoms with Gasteiger partial charge in [-0.1, -0.05) is 19.9 Å². The molecule has 0 saturated heterocycles. The van der Waals surface area contributed by atoms with Gasteiger partial charge in [-0.25, -0.2) is 13.1 Å². The summed E-state index contributed by atoms with van der Waals surface area (Å²) in [5.74, 6) is 0.356. The van der Waals surface area contributed by atoms with Gasteiger partial charge in [0, 0.05) is 19.1 Å². The standard InChI is InChI=1S/C13H22N2O3S/c1-10(2)14-7-8-15-19(16,17)13-9-11(3)5-6-12(13)18-4/h5-6,9-10,14-15H,7-8H2,1-4H3. The third-order valence-electron chi connectivity index (χ3n) is 2.58. The van der Waals surface area contributed by atoms with Gasteiger partial charge in [-0.3, -0.25) is 0 Å². The molecule has 1 aromatic rings. The number of methoxy groups -OCH3 is 1. The minimum absolute atomic E-state index is 0.180. The van der Waals surface area contributed by atoms with E-state index in [1.54, 1.807) is 12.1 Å². The molecule has 2 N–H and O–H groups in total. The summed E-state index contributed by atoms with van der Waals surface area (Å²) in [6, 6.07) is 5.42. The van der Waals surface area contributed by atoms with Crippen LogP contribution in [-0.4, -0.2) is 34.7 Å². The summed E-state index contributed by atoms with van der Waals surface area (Å²) < 4.78 is 32.0. The van der Waals surface area contributed by atoms with E-state index in [-0.39, 0.29) is 4.90 Å². The second-order valence-corrected chi connectivity index (χ2v) is 6.40. The van der Waals surface area contributed by atoms with Crippen molar-refractivity contribution in [1.82, 2.24) is 10.0 Å². The fourth-order valence-corrected chi connectivity index (χ4v) is 2.90. The Morgan fingerprint density at radius 2 is 1.95 bits per heavy atom. The van der Waals surface area contributed by atoms with Crippen molar-refractivity contribution in [3.63, 3.8) is 0 Å². The van der Waals surface area contributed by atoms with E-state index in [2.05, 4.69) is 10.0 Å². The summed E-state index contributed by atoms with van der Waals surface area (Å²) in [5, 5.41) is 3.15. The molecule has 0 aliphatic carbocycles. The minimum atomic E-state index is -3.54. The number of hydrogen-bond donors (Lipinski definition) is 2. The van der Waals surface area contributed by atoms with Crippen LogP contribution < -0.4 is 14.8 Å². The van der Waals surface area contributed by atoms with Crippen molar-refractivity contribution >= 4 is 10.0 Å². The van der Waals surface area contributed by atoms with Gasteiger partial charge in [-0.05, 0) is 24.6 Å². The summed E-state index contributed by atoms with van der Waals surface area (Å²) in [6.45, 7) is 6.80. The number of sulfonamides is 1. The minimum Gasteiger partial charge on any atom is -0.495 e. The summed E-state index contributed by atoms with van der Waals surface area (Å²) in [7, 11) is -2.08. The highest BCUT2D eigenvalue weighted by Crippen LogP contribution is 2.24. The second kappa shape index (κ2) is 6.88. The zero-order valence-electron chi connectivity index (χ0n) is 11.9. The fraction of sp³-hybridized carbons (Fsp3) is 0.538. The van der Waals surface area contributed by atoms with E-state index in [1.807, 2.05) is 26.8 Å². The molecule has 0 saturated carbocycles. The van der Waals surface area contributed by atoms with E-state index in [1.165, 1.54) is 7.11 Å². The summed E-state index contributed by atoms with van der Waals surface area (Å²) in [4.78, 5) is 0.180. The lowest BCUT2D eigenvalue weighted by atomic mass is 10.2. The molecule has 0 heterocycles. The van der Waals surface area contributed by atoms with Gasteiger partial charge in [0.2, 0.25) is 10.0 Å². The Morgan fingerprint density at radius 1 is 1.26 bits per heavy atom. The number of hydrogen-bond acceptors (Lipinski definition) is 4. The normalized spacial score (nSPS) is 11.8. The predicted molar refractivity (Wildman–Crippen MR) is 76.1 cm³/mol. The summed E-state index contributed by atoms with van der Waals surface area (Å²) in [5.41, 5.74) is 0.876. The van der Waals surface area contributed by atoms with Gasteiger partial charge in [-0.2, -0.15) is 0 Å². The molecule has 0 spiro atoms. The first-order chi connectivity index (χ1) is 8.86. The van der Waals surface area contributed by atoms with Crippen molar-refractivity contribution in [2.45, 2.75) is 31.7 Å². The van der Waals surface area contributed by atoms with Crippen LogP contribution in [0.25, 0.3) is 0 Å². The molecule has 5 nitrogen and oxygen atoms in total. The van der Waals surface area contributed by atoms with Crippen LogP contribution in [0.1, 0.15) is 19.4 Å². The monoisotopic (exact) mass is 286 g/mol. The largest absolute Gasteiger partial charge is 0.495 e. The van der Waals surface area contributed by atoms with E-state index in [4.69, 9.17) is 4.74 Å². The molecule has 1 aromatic carbocycles. The Labute approximate surface area is 115 Å². The molecule has 6 heteroatoms. The van der Waals surface area contributed by atoms with Gasteiger partial charge in [0.1, 0.15) is 10.6 Å². The average Bonchev–Trinajstić information content (AvgIpc) is 2.34. The van der Waals surface area contributed by atoms with Crippen molar-refractivity contribution in [3.05, 3.63) is 23.8 Å². The number of nitrogens with one attached hydrogen (secondary N) is 2. The van der Waals surface area contributed by atoms with Crippen LogP contribution in [0.5, 0.6) is 5.75 Å². The van der Waals surface area contributed by atoms with Crippen molar-refractivity contribution < 1.29 is 13.2 Å². The summed E-state index contributed by atoms with van der Waals surface area (Å²) >= 11 is 0. The number of aryl methyl sites for hydroxylation is 1. The van der Waals surface area contributed by atoms with Gasteiger partial charge in [-0.15, -0.1) is 0 Å². The molecular formula is C13H22N2O3S. The fourth-order valence-electron chi connectivity index (χ4n) is 1.62. The molecule has 0 aliphatic heterocycles. The van der Waals surface area contributed by atoms with Crippen LogP contribution in [0.3, 0.4) is 0 Å². The highest BCUT2D eigenvalue weighted by molar-refractivity contribution is 7.89. The van der Waals surface area contributed by atoms with E-state index in [9.17, 15) is 8.42 Å². The number of rotatable bonds is 7. The predicted octanol–water partition coefficient (Wildman–Crippen LogP) is 1.28. The molecule has 0 aliphatic rings. The molecule has 0 atom stereocenters. The maximum atomic E-state index is 12.2. The van der Waals surface area contributed by atoms with Gasteiger partial charge in [0.25, 0.3) is 0 Å². The Hall–Kier alpha value is -1.11. The smallest absolute Gasteiger partial charge is 0.244 e. The van der Waals surface area contributed by atoms with Crippen molar-refractivity contribution in [1.29, 1.82) is 0 Å². The molecule has 0 radical (unpaired) electrons. The van der Waals surface area contributed by atoms with Crippen LogP contribution in [-0.2, 0) is 10.0 Å². The van der Waals surface area contributed by atoms with Gasteiger partial charge >= 0.3 is 0 Å². The van der Waals surface area contributed by atoms with E-state index < -0.39 is 10.0 Å². The molecule has 19 heavy (non-hydrogen) atoms. The van der Waals surface area contributed by atoms with Crippen molar-refractivity contribution in [3.8, 4) is 5.75 Å². The van der Waals surface area contributed by atoms with Crippen LogP contribution in [0.4, 0.5) is 0 Å². The molecule has 108 valence electrons. The second-order valence-electron chi connectivity index (χ2n) is 4.66. The average molecular weight is 286 g/mol. The first kappa shape index (κ1) is 15.9. The first-order valence-corrected chi connectivity index (χ1v) is 7.73. The zero-order chi connectivity index (χ0) is 14.5. The number of ether oxygens (including phenoxy) is 1. The van der Waals surface area contributed by atoms with Crippen molar-refractivity contribution in [2.24, 2.45) is 0 Å². The van der Waals surface area contributed by atoms with E-state index in [0.29, 0.717) is 24.9 Å². The molecule has 0 fully saturated rings. The molecule has 0 bridgehead atoms. The molecule has 0 aromatic heterocycles. The topological polar surface area (TPSA) is 67.4 Å². The van der Waals surface area contributed by atoms with E-state index in [0.717, 1.165) is 5.56 Å². The Morgan fingerprint density at radius 3 is 2.53 bits per heavy atom. The highest BCUT2D eigenvalue weighted by Gasteiger charge is 2.18. The molecule has 0 unspecified atom stereocenters. The van der Waals surface area contributed by atoms with Gasteiger partial charge in [0.15, 0.2) is 0 Å². The van der Waals surface area contributed by atoms with E-state index >= 15 is 0 Å². The van der Waals surface area contributed by atoms with Gasteiger partial charge in [0.05, 0.1) is 7.11 Å². The maximum absolute atomic E-state index is 12.2. The van der Waals surface area contributed by atoms with Crippen molar-refractivity contribution in [2.75, 3.05) is 20.2 Å². The summed E-state index contributed by atoms with van der Waals surface area (Å²) in [6.07, 6.45) is 0. The van der Waals surface area contributed by atoms with Gasteiger partial charge < -0.3 is 10.1 Å². The van der Waals surface area contributed by atoms with Crippen LogP contribution >= 0.6 is 0 Å². The Balaban J connectivity index is 2.79. The third-order valence-corrected chi connectivity index (χ3v) is 4.06. The Kier molecular flexibility index (Phi) is 5.78. The lowest BCUT2D eigenvalue weighted by molar-refractivity contribution is 0.402. The zero-order valence-corrected chi connectivity index (χ0v) is 12.7. The van der Waals surface area contributed by atoms with Crippen LogP contribution in [0.2, 0.25) is 0 Å². The molecule has 1 rings (SSSR count).